The van der Waals surface area contributed by atoms with Crippen LogP contribution in [0.3, 0.4) is 0 Å². The summed E-state index contributed by atoms with van der Waals surface area (Å²) < 4.78 is 10.9. The molecule has 1 aromatic rings. The summed E-state index contributed by atoms with van der Waals surface area (Å²) in [5.74, 6) is -0.0568. The van der Waals surface area contributed by atoms with E-state index in [0.717, 1.165) is 31.2 Å². The molecule has 0 aromatic heterocycles. The minimum absolute atomic E-state index is 0.0193. The van der Waals surface area contributed by atoms with Crippen LogP contribution in [-0.4, -0.2) is 35.7 Å². The number of benzene rings is 1. The zero-order chi connectivity index (χ0) is 18.8. The highest BCUT2D eigenvalue weighted by atomic mass is 16.6. The predicted octanol–water partition coefficient (Wildman–Crippen LogP) is 4.16. The summed E-state index contributed by atoms with van der Waals surface area (Å²) in [7, 11) is 0. The van der Waals surface area contributed by atoms with Crippen LogP contribution in [-0.2, 0) is 20.9 Å². The Bertz CT molecular complexity index is 634. The topological polar surface area (TPSA) is 55.8 Å². The maximum atomic E-state index is 12.2. The van der Waals surface area contributed by atoms with Gasteiger partial charge in [-0.1, -0.05) is 30.3 Å². The second-order valence-corrected chi connectivity index (χ2v) is 8.67. The standard InChI is InChI=1S/C21H29NO4/c1-20(2,3)26-18(23)17-13-21(14-17)9-11-22(12-10-21)19(24)25-15-16-7-5-4-6-8-16/h4-8,17H,9-15H2,1-3H3. The number of rotatable bonds is 3. The molecule has 1 amide bonds. The van der Waals surface area contributed by atoms with Gasteiger partial charge in [-0.25, -0.2) is 4.79 Å². The largest absolute Gasteiger partial charge is 0.460 e. The monoisotopic (exact) mass is 359 g/mol. The van der Waals surface area contributed by atoms with E-state index in [1.54, 1.807) is 4.90 Å². The Balaban J connectivity index is 1.41. The number of likely N-dealkylation sites (tertiary alicyclic amines) is 1. The van der Waals surface area contributed by atoms with Crippen LogP contribution in [0.4, 0.5) is 4.79 Å². The zero-order valence-corrected chi connectivity index (χ0v) is 16.0. The normalized spacial score (nSPS) is 19.7. The lowest BCUT2D eigenvalue weighted by atomic mass is 9.57. The summed E-state index contributed by atoms with van der Waals surface area (Å²) in [5, 5.41) is 0. The van der Waals surface area contributed by atoms with Gasteiger partial charge in [0.25, 0.3) is 0 Å². The maximum absolute atomic E-state index is 12.2. The van der Waals surface area contributed by atoms with E-state index in [-0.39, 0.29) is 23.4 Å². The fourth-order valence-corrected chi connectivity index (χ4v) is 3.92. The lowest BCUT2D eigenvalue weighted by Gasteiger charge is -2.51. The Kier molecular flexibility index (Phi) is 5.26. The van der Waals surface area contributed by atoms with Gasteiger partial charge in [0, 0.05) is 13.1 Å². The van der Waals surface area contributed by atoms with Crippen LogP contribution in [0.25, 0.3) is 0 Å². The van der Waals surface area contributed by atoms with Crippen molar-refractivity contribution in [3.05, 3.63) is 35.9 Å². The second kappa shape index (κ2) is 7.29. The van der Waals surface area contributed by atoms with Crippen molar-refractivity contribution in [2.24, 2.45) is 11.3 Å². The average Bonchev–Trinajstić information content (AvgIpc) is 2.57. The third-order valence-corrected chi connectivity index (χ3v) is 5.39. The Morgan fingerprint density at radius 3 is 2.31 bits per heavy atom. The van der Waals surface area contributed by atoms with E-state index in [1.165, 1.54) is 0 Å². The number of carbonyl (C=O) groups excluding carboxylic acids is 2. The van der Waals surface area contributed by atoms with Crippen molar-refractivity contribution in [1.29, 1.82) is 0 Å². The molecule has 1 aliphatic carbocycles. The molecule has 2 aliphatic rings. The molecule has 5 nitrogen and oxygen atoms in total. The highest BCUT2D eigenvalue weighted by Gasteiger charge is 2.50. The van der Waals surface area contributed by atoms with E-state index in [0.29, 0.717) is 19.7 Å². The quantitative estimate of drug-likeness (QED) is 0.761. The van der Waals surface area contributed by atoms with Crippen molar-refractivity contribution in [2.45, 2.75) is 58.7 Å². The molecular weight excluding hydrogens is 330 g/mol. The molecule has 0 N–H and O–H groups in total. The van der Waals surface area contributed by atoms with Crippen molar-refractivity contribution >= 4 is 12.1 Å². The highest BCUT2D eigenvalue weighted by Crippen LogP contribution is 2.53. The van der Waals surface area contributed by atoms with Crippen molar-refractivity contribution in [3.8, 4) is 0 Å². The lowest BCUT2D eigenvalue weighted by molar-refractivity contribution is -0.170. The van der Waals surface area contributed by atoms with E-state index < -0.39 is 5.60 Å². The second-order valence-electron chi connectivity index (χ2n) is 8.67. The summed E-state index contributed by atoms with van der Waals surface area (Å²) in [6.07, 6.45) is 3.40. The molecule has 0 unspecified atom stereocenters. The first-order valence-electron chi connectivity index (χ1n) is 9.45. The average molecular weight is 359 g/mol. The van der Waals surface area contributed by atoms with Crippen molar-refractivity contribution in [3.63, 3.8) is 0 Å². The van der Waals surface area contributed by atoms with Crippen LogP contribution < -0.4 is 0 Å². The fourth-order valence-electron chi connectivity index (χ4n) is 3.92. The Morgan fingerprint density at radius 1 is 1.12 bits per heavy atom. The molecule has 2 fully saturated rings. The molecule has 0 bridgehead atoms. The Hall–Kier alpha value is -2.04. The van der Waals surface area contributed by atoms with Gasteiger partial charge < -0.3 is 14.4 Å². The molecule has 1 spiro atoms. The minimum Gasteiger partial charge on any atom is -0.460 e. The summed E-state index contributed by atoms with van der Waals surface area (Å²) >= 11 is 0. The van der Waals surface area contributed by atoms with E-state index in [4.69, 9.17) is 9.47 Å². The highest BCUT2D eigenvalue weighted by molar-refractivity contribution is 5.74. The number of nitrogens with zero attached hydrogens (tertiary/aromatic N) is 1. The maximum Gasteiger partial charge on any atom is 0.410 e. The van der Waals surface area contributed by atoms with Gasteiger partial charge in [-0.2, -0.15) is 0 Å². The van der Waals surface area contributed by atoms with Gasteiger partial charge in [-0.05, 0) is 57.4 Å². The molecule has 0 atom stereocenters. The molecule has 3 rings (SSSR count). The summed E-state index contributed by atoms with van der Waals surface area (Å²) in [6, 6.07) is 9.71. The smallest absolute Gasteiger partial charge is 0.410 e. The number of ether oxygens (including phenoxy) is 2. The first kappa shape index (κ1) is 18.7. The first-order chi connectivity index (χ1) is 12.3. The van der Waals surface area contributed by atoms with Gasteiger partial charge in [-0.3, -0.25) is 4.79 Å². The van der Waals surface area contributed by atoms with Gasteiger partial charge >= 0.3 is 12.1 Å². The van der Waals surface area contributed by atoms with Crippen molar-refractivity contribution in [1.82, 2.24) is 4.90 Å². The number of hydrogen-bond donors (Lipinski definition) is 0. The Labute approximate surface area is 155 Å². The fraction of sp³-hybridized carbons (Fsp3) is 0.619. The Morgan fingerprint density at radius 2 is 1.73 bits per heavy atom. The summed E-state index contributed by atoms with van der Waals surface area (Å²) in [4.78, 5) is 26.2. The number of carbonyl (C=O) groups is 2. The molecule has 1 aliphatic heterocycles. The number of piperidine rings is 1. The molecule has 5 heteroatoms. The zero-order valence-electron chi connectivity index (χ0n) is 16.0. The van der Waals surface area contributed by atoms with Crippen molar-refractivity contribution in [2.75, 3.05) is 13.1 Å². The molecule has 1 heterocycles. The van der Waals surface area contributed by atoms with E-state index in [1.807, 2.05) is 51.1 Å². The summed E-state index contributed by atoms with van der Waals surface area (Å²) in [6.45, 7) is 7.42. The van der Waals surface area contributed by atoms with Gasteiger partial charge in [0.1, 0.15) is 12.2 Å². The third-order valence-electron chi connectivity index (χ3n) is 5.39. The van der Waals surface area contributed by atoms with Crippen LogP contribution in [0.15, 0.2) is 30.3 Å². The third kappa shape index (κ3) is 4.57. The van der Waals surface area contributed by atoms with E-state index >= 15 is 0 Å². The predicted molar refractivity (Wildman–Crippen MR) is 98.4 cm³/mol. The molecule has 1 saturated heterocycles. The van der Waals surface area contributed by atoms with Crippen LogP contribution in [0.5, 0.6) is 0 Å². The van der Waals surface area contributed by atoms with Gasteiger partial charge in [0.05, 0.1) is 5.92 Å². The van der Waals surface area contributed by atoms with Crippen LogP contribution in [0.2, 0.25) is 0 Å². The SMILES string of the molecule is CC(C)(C)OC(=O)C1CC2(CCN(C(=O)OCc3ccccc3)CC2)C1. The molecule has 26 heavy (non-hydrogen) atoms. The van der Waals surface area contributed by atoms with Gasteiger partial charge in [-0.15, -0.1) is 0 Å². The van der Waals surface area contributed by atoms with Gasteiger partial charge in [0.2, 0.25) is 0 Å². The molecular formula is C21H29NO4. The minimum atomic E-state index is -0.425. The molecule has 1 aromatic carbocycles. The first-order valence-corrected chi connectivity index (χ1v) is 9.45. The van der Waals surface area contributed by atoms with E-state index in [2.05, 4.69) is 0 Å². The van der Waals surface area contributed by atoms with Crippen molar-refractivity contribution < 1.29 is 19.1 Å². The van der Waals surface area contributed by atoms with Crippen LogP contribution in [0, 0.1) is 11.3 Å². The number of hydrogen-bond acceptors (Lipinski definition) is 4. The molecule has 142 valence electrons. The van der Waals surface area contributed by atoms with Gasteiger partial charge in [0.15, 0.2) is 0 Å². The lowest BCUT2D eigenvalue weighted by Crippen LogP contribution is -2.51. The van der Waals surface area contributed by atoms with Crippen LogP contribution in [0.1, 0.15) is 52.0 Å². The van der Waals surface area contributed by atoms with E-state index in [9.17, 15) is 9.59 Å². The summed E-state index contributed by atoms with van der Waals surface area (Å²) in [5.41, 5.74) is 0.775. The van der Waals surface area contributed by atoms with Crippen LogP contribution >= 0.6 is 0 Å². The number of esters is 1. The molecule has 1 saturated carbocycles. The number of amides is 1. The molecule has 0 radical (unpaired) electrons.